The highest BCUT2D eigenvalue weighted by atomic mass is 16.5. The lowest BCUT2D eigenvalue weighted by Crippen LogP contribution is -2.32. The molecule has 0 aromatic heterocycles. The van der Waals surface area contributed by atoms with Crippen LogP contribution in [-0.2, 0) is 14.4 Å². The van der Waals surface area contributed by atoms with Gasteiger partial charge in [0.15, 0.2) is 6.61 Å². The average molecular weight is 489 g/mol. The SMILES string of the molecule is CCCOc1ccc(NC(=O)C(=O)N/N=C\c2ccc(OCC(=O)Nc3ccc(C)cc3)cc2)cc1. The van der Waals surface area contributed by atoms with Crippen LogP contribution in [0, 0.1) is 6.92 Å². The van der Waals surface area contributed by atoms with E-state index >= 15 is 0 Å². The Labute approximate surface area is 209 Å². The number of aryl methyl sites for hydroxylation is 1. The van der Waals surface area contributed by atoms with E-state index in [1.54, 1.807) is 48.5 Å². The van der Waals surface area contributed by atoms with Gasteiger partial charge in [0.25, 0.3) is 5.91 Å². The van der Waals surface area contributed by atoms with Crippen LogP contribution in [0.4, 0.5) is 11.4 Å². The van der Waals surface area contributed by atoms with Crippen LogP contribution in [0.2, 0.25) is 0 Å². The van der Waals surface area contributed by atoms with Crippen molar-refractivity contribution < 1.29 is 23.9 Å². The summed E-state index contributed by atoms with van der Waals surface area (Å²) in [5, 5.41) is 9.05. The van der Waals surface area contributed by atoms with Gasteiger partial charge in [-0.2, -0.15) is 5.10 Å². The minimum Gasteiger partial charge on any atom is -0.494 e. The number of nitrogens with zero attached hydrogens (tertiary/aromatic N) is 1. The maximum absolute atomic E-state index is 12.0. The van der Waals surface area contributed by atoms with Gasteiger partial charge in [-0.3, -0.25) is 14.4 Å². The smallest absolute Gasteiger partial charge is 0.329 e. The molecular weight excluding hydrogens is 460 g/mol. The lowest BCUT2D eigenvalue weighted by molar-refractivity contribution is -0.136. The largest absolute Gasteiger partial charge is 0.494 e. The monoisotopic (exact) mass is 488 g/mol. The summed E-state index contributed by atoms with van der Waals surface area (Å²) < 4.78 is 11.0. The van der Waals surface area contributed by atoms with Gasteiger partial charge < -0.3 is 20.1 Å². The lowest BCUT2D eigenvalue weighted by atomic mass is 10.2. The molecule has 3 amide bonds. The van der Waals surface area contributed by atoms with Crippen molar-refractivity contribution in [2.75, 3.05) is 23.8 Å². The van der Waals surface area contributed by atoms with Gasteiger partial charge in [0, 0.05) is 11.4 Å². The van der Waals surface area contributed by atoms with Gasteiger partial charge in [-0.1, -0.05) is 24.6 Å². The van der Waals surface area contributed by atoms with Gasteiger partial charge in [-0.05, 0) is 79.6 Å². The fourth-order valence-electron chi connectivity index (χ4n) is 2.89. The van der Waals surface area contributed by atoms with Crippen molar-refractivity contribution in [1.29, 1.82) is 0 Å². The molecule has 0 atom stereocenters. The quantitative estimate of drug-likeness (QED) is 0.227. The van der Waals surface area contributed by atoms with Crippen LogP contribution in [0.1, 0.15) is 24.5 Å². The molecule has 0 heterocycles. The number of ether oxygens (including phenoxy) is 2. The topological polar surface area (TPSA) is 118 Å². The van der Waals surface area contributed by atoms with Gasteiger partial charge >= 0.3 is 11.8 Å². The fourth-order valence-corrected chi connectivity index (χ4v) is 2.89. The lowest BCUT2D eigenvalue weighted by Gasteiger charge is -2.08. The van der Waals surface area contributed by atoms with Crippen molar-refractivity contribution in [1.82, 2.24) is 5.43 Å². The van der Waals surface area contributed by atoms with Crippen molar-refractivity contribution in [3.63, 3.8) is 0 Å². The maximum Gasteiger partial charge on any atom is 0.329 e. The first-order valence-electron chi connectivity index (χ1n) is 11.4. The van der Waals surface area contributed by atoms with Crippen LogP contribution in [0.15, 0.2) is 77.9 Å². The molecule has 9 nitrogen and oxygen atoms in total. The van der Waals surface area contributed by atoms with E-state index in [0.29, 0.717) is 35.0 Å². The van der Waals surface area contributed by atoms with E-state index in [2.05, 4.69) is 21.2 Å². The summed E-state index contributed by atoms with van der Waals surface area (Å²) in [7, 11) is 0. The second-order valence-electron chi connectivity index (χ2n) is 7.80. The zero-order valence-electron chi connectivity index (χ0n) is 20.1. The van der Waals surface area contributed by atoms with E-state index < -0.39 is 11.8 Å². The van der Waals surface area contributed by atoms with Crippen molar-refractivity contribution in [3.05, 3.63) is 83.9 Å². The molecule has 9 heteroatoms. The van der Waals surface area contributed by atoms with Gasteiger partial charge in [0.1, 0.15) is 11.5 Å². The van der Waals surface area contributed by atoms with E-state index in [4.69, 9.17) is 9.47 Å². The highest BCUT2D eigenvalue weighted by Gasteiger charge is 2.13. The Balaban J connectivity index is 1.40. The third-order valence-electron chi connectivity index (χ3n) is 4.76. The number of nitrogens with one attached hydrogen (secondary N) is 3. The Morgan fingerprint density at radius 3 is 2.03 bits per heavy atom. The van der Waals surface area contributed by atoms with E-state index in [-0.39, 0.29) is 12.5 Å². The molecular formula is C27H28N4O5. The third kappa shape index (κ3) is 8.60. The van der Waals surface area contributed by atoms with Gasteiger partial charge in [-0.15, -0.1) is 0 Å². The number of amides is 3. The molecule has 0 saturated carbocycles. The van der Waals surface area contributed by atoms with Crippen molar-refractivity contribution in [2.24, 2.45) is 5.10 Å². The van der Waals surface area contributed by atoms with Crippen LogP contribution in [0.25, 0.3) is 0 Å². The first kappa shape index (κ1) is 26.0. The molecule has 0 unspecified atom stereocenters. The molecule has 186 valence electrons. The minimum absolute atomic E-state index is 0.138. The van der Waals surface area contributed by atoms with Crippen molar-refractivity contribution in [3.8, 4) is 11.5 Å². The fraction of sp³-hybridized carbons (Fsp3) is 0.185. The second kappa shape index (κ2) is 13.3. The normalized spacial score (nSPS) is 10.5. The summed E-state index contributed by atoms with van der Waals surface area (Å²) in [5.41, 5.74) is 5.11. The Morgan fingerprint density at radius 2 is 1.36 bits per heavy atom. The molecule has 0 aliphatic heterocycles. The van der Waals surface area contributed by atoms with E-state index in [9.17, 15) is 14.4 Å². The summed E-state index contributed by atoms with van der Waals surface area (Å²) in [4.78, 5) is 36.0. The number of anilines is 2. The molecule has 0 bridgehead atoms. The number of benzene rings is 3. The molecule has 3 aromatic rings. The minimum atomic E-state index is -0.905. The molecule has 0 aliphatic carbocycles. The number of carbonyl (C=O) groups is 3. The number of hydrazone groups is 1. The Bertz CT molecular complexity index is 1190. The predicted octanol–water partition coefficient (Wildman–Crippen LogP) is 3.89. The van der Waals surface area contributed by atoms with Crippen molar-refractivity contribution in [2.45, 2.75) is 20.3 Å². The Kier molecular flexibility index (Phi) is 9.58. The maximum atomic E-state index is 12.0. The third-order valence-corrected chi connectivity index (χ3v) is 4.76. The van der Waals surface area contributed by atoms with E-state index in [0.717, 1.165) is 12.0 Å². The van der Waals surface area contributed by atoms with Gasteiger partial charge in [0.2, 0.25) is 0 Å². The van der Waals surface area contributed by atoms with Crippen LogP contribution >= 0.6 is 0 Å². The van der Waals surface area contributed by atoms with E-state index in [1.165, 1.54) is 6.21 Å². The van der Waals surface area contributed by atoms with Gasteiger partial charge in [0.05, 0.1) is 12.8 Å². The van der Waals surface area contributed by atoms with Crippen LogP contribution < -0.4 is 25.5 Å². The molecule has 36 heavy (non-hydrogen) atoms. The molecule has 0 aliphatic rings. The summed E-state index contributed by atoms with van der Waals surface area (Å²) in [5.74, 6) is -0.836. The zero-order valence-corrected chi connectivity index (χ0v) is 20.1. The highest BCUT2D eigenvalue weighted by Crippen LogP contribution is 2.16. The molecule has 3 rings (SSSR count). The number of hydrogen-bond acceptors (Lipinski definition) is 6. The summed E-state index contributed by atoms with van der Waals surface area (Å²) >= 11 is 0. The predicted molar refractivity (Wildman–Crippen MR) is 138 cm³/mol. The van der Waals surface area contributed by atoms with Crippen LogP contribution in [-0.4, -0.2) is 37.1 Å². The molecule has 3 N–H and O–H groups in total. The summed E-state index contributed by atoms with van der Waals surface area (Å²) in [6, 6.07) is 20.9. The second-order valence-corrected chi connectivity index (χ2v) is 7.80. The molecule has 0 spiro atoms. The number of rotatable bonds is 10. The van der Waals surface area contributed by atoms with Crippen molar-refractivity contribution >= 4 is 35.3 Å². The number of hydrogen-bond donors (Lipinski definition) is 3. The molecule has 0 radical (unpaired) electrons. The molecule has 0 saturated heterocycles. The first-order valence-corrected chi connectivity index (χ1v) is 11.4. The number of carbonyl (C=O) groups excluding carboxylic acids is 3. The average Bonchev–Trinajstić information content (AvgIpc) is 2.89. The van der Waals surface area contributed by atoms with Crippen LogP contribution in [0.3, 0.4) is 0 Å². The standard InChI is InChI=1S/C27H28N4O5/c1-3-16-35-23-14-10-22(11-15-23)30-26(33)27(34)31-28-17-20-6-12-24(13-7-20)36-18-25(32)29-21-8-4-19(2)5-9-21/h4-15,17H,3,16,18H2,1-2H3,(H,29,32)(H,30,33)(H,31,34)/b28-17-. The summed E-state index contributed by atoms with van der Waals surface area (Å²) in [6.07, 6.45) is 2.28. The first-order chi connectivity index (χ1) is 17.4. The molecule has 0 fully saturated rings. The Hall–Kier alpha value is -4.66. The molecule has 3 aromatic carbocycles. The Morgan fingerprint density at radius 1 is 0.778 bits per heavy atom. The van der Waals surface area contributed by atoms with Crippen LogP contribution in [0.5, 0.6) is 11.5 Å². The van der Waals surface area contributed by atoms with Gasteiger partial charge in [-0.25, -0.2) is 5.43 Å². The summed E-state index contributed by atoms with van der Waals surface area (Å²) in [6.45, 7) is 4.45. The van der Waals surface area contributed by atoms with E-state index in [1.807, 2.05) is 38.1 Å². The zero-order chi connectivity index (χ0) is 25.8. The highest BCUT2D eigenvalue weighted by molar-refractivity contribution is 6.39.